The normalized spacial score (nSPS) is 10.9. The zero-order valence-electron chi connectivity index (χ0n) is 9.38. The maximum absolute atomic E-state index is 8.50. The van der Waals surface area contributed by atoms with Gasteiger partial charge in [0.1, 0.15) is 0 Å². The number of hydrogen-bond donors (Lipinski definition) is 2. The van der Waals surface area contributed by atoms with Crippen molar-refractivity contribution < 1.29 is 14.3 Å². The summed E-state index contributed by atoms with van der Waals surface area (Å²) >= 11 is 0. The van der Waals surface area contributed by atoms with E-state index < -0.39 is 8.60 Å². The summed E-state index contributed by atoms with van der Waals surface area (Å²) in [5, 5.41) is 0. The molecule has 4 heteroatoms. The van der Waals surface area contributed by atoms with Crippen LogP contribution in [0.1, 0.15) is 31.2 Å². The summed E-state index contributed by atoms with van der Waals surface area (Å²) in [5.74, 6) is 0. The molecule has 1 aromatic rings. The van der Waals surface area contributed by atoms with E-state index in [0.29, 0.717) is 6.61 Å². The first-order valence-electron chi connectivity index (χ1n) is 5.64. The van der Waals surface area contributed by atoms with Crippen LogP contribution in [0.15, 0.2) is 30.3 Å². The minimum atomic E-state index is -2.16. The van der Waals surface area contributed by atoms with E-state index in [2.05, 4.69) is 28.8 Å². The number of aryl methyl sites for hydroxylation is 1. The number of hydrogen-bond acceptors (Lipinski definition) is 3. The highest BCUT2D eigenvalue weighted by molar-refractivity contribution is 7.39. The van der Waals surface area contributed by atoms with E-state index in [1.54, 1.807) is 0 Å². The molecule has 0 aliphatic carbocycles. The standard InChI is InChI=1S/C12H19O3P/c13-16(14)15-11-7-2-1-4-8-12-9-5-3-6-10-12/h3,5-6,9-10,13-14H,1-2,4,7-8,11H2. The fraction of sp³-hybridized carbons (Fsp3) is 0.500. The number of benzene rings is 1. The molecule has 0 heterocycles. The highest BCUT2D eigenvalue weighted by Gasteiger charge is 1.98. The molecule has 0 atom stereocenters. The maximum atomic E-state index is 8.50. The van der Waals surface area contributed by atoms with Crippen molar-refractivity contribution in [3.8, 4) is 0 Å². The van der Waals surface area contributed by atoms with E-state index in [9.17, 15) is 0 Å². The first kappa shape index (κ1) is 13.6. The molecule has 2 N–H and O–H groups in total. The lowest BCUT2D eigenvalue weighted by molar-refractivity contribution is 0.248. The second-order valence-electron chi connectivity index (χ2n) is 3.74. The Bertz CT molecular complexity index is 264. The van der Waals surface area contributed by atoms with Gasteiger partial charge in [-0.05, 0) is 24.8 Å². The van der Waals surface area contributed by atoms with Gasteiger partial charge in [-0.3, -0.25) is 0 Å². The quantitative estimate of drug-likeness (QED) is 0.544. The van der Waals surface area contributed by atoms with Crippen molar-refractivity contribution in [1.29, 1.82) is 0 Å². The zero-order valence-corrected chi connectivity index (χ0v) is 10.3. The van der Waals surface area contributed by atoms with Gasteiger partial charge in [-0.25, -0.2) is 0 Å². The average Bonchev–Trinajstić information content (AvgIpc) is 2.29. The Labute approximate surface area is 98.1 Å². The molecule has 0 radical (unpaired) electrons. The lowest BCUT2D eigenvalue weighted by Crippen LogP contribution is -1.90. The van der Waals surface area contributed by atoms with Crippen LogP contribution in [0.2, 0.25) is 0 Å². The molecule has 3 nitrogen and oxygen atoms in total. The molecule has 0 fully saturated rings. The van der Waals surface area contributed by atoms with E-state index in [-0.39, 0.29) is 0 Å². The minimum absolute atomic E-state index is 0.448. The van der Waals surface area contributed by atoms with E-state index in [4.69, 9.17) is 9.79 Å². The van der Waals surface area contributed by atoms with Crippen molar-refractivity contribution in [3.63, 3.8) is 0 Å². The third kappa shape index (κ3) is 6.91. The van der Waals surface area contributed by atoms with Crippen LogP contribution in [0.25, 0.3) is 0 Å². The van der Waals surface area contributed by atoms with Crippen molar-refractivity contribution >= 4 is 8.60 Å². The first-order valence-corrected chi connectivity index (χ1v) is 6.80. The molecular weight excluding hydrogens is 223 g/mol. The Kier molecular flexibility index (Phi) is 7.35. The molecule has 0 aliphatic heterocycles. The Morgan fingerprint density at radius 3 is 2.31 bits per heavy atom. The highest BCUT2D eigenvalue weighted by Crippen LogP contribution is 2.24. The van der Waals surface area contributed by atoms with Gasteiger partial charge in [0.25, 0.3) is 0 Å². The van der Waals surface area contributed by atoms with Gasteiger partial charge in [-0.15, -0.1) is 0 Å². The van der Waals surface area contributed by atoms with Crippen LogP contribution in [0.4, 0.5) is 0 Å². The fourth-order valence-electron chi connectivity index (χ4n) is 1.58. The third-order valence-electron chi connectivity index (χ3n) is 2.41. The van der Waals surface area contributed by atoms with Crippen LogP contribution in [-0.2, 0) is 10.9 Å². The van der Waals surface area contributed by atoms with Crippen molar-refractivity contribution in [2.24, 2.45) is 0 Å². The van der Waals surface area contributed by atoms with E-state index in [0.717, 1.165) is 25.7 Å². The van der Waals surface area contributed by atoms with Gasteiger partial charge in [-0.2, -0.15) is 0 Å². The van der Waals surface area contributed by atoms with Crippen LogP contribution >= 0.6 is 8.60 Å². The van der Waals surface area contributed by atoms with Crippen molar-refractivity contribution in [1.82, 2.24) is 0 Å². The summed E-state index contributed by atoms with van der Waals surface area (Å²) in [7, 11) is -2.16. The minimum Gasteiger partial charge on any atom is -0.328 e. The van der Waals surface area contributed by atoms with Gasteiger partial charge in [0.2, 0.25) is 0 Å². The molecular formula is C12H19O3P. The van der Waals surface area contributed by atoms with Gasteiger partial charge in [0.15, 0.2) is 0 Å². The molecule has 1 aromatic carbocycles. The Hall–Kier alpha value is -0.470. The van der Waals surface area contributed by atoms with E-state index in [1.165, 1.54) is 12.0 Å². The molecule has 0 spiro atoms. The van der Waals surface area contributed by atoms with Gasteiger partial charge in [0, 0.05) is 0 Å². The molecule has 0 amide bonds. The summed E-state index contributed by atoms with van der Waals surface area (Å²) in [4.78, 5) is 17.0. The summed E-state index contributed by atoms with van der Waals surface area (Å²) in [5.41, 5.74) is 1.38. The zero-order chi connectivity index (χ0) is 11.6. The first-order chi connectivity index (χ1) is 7.79. The third-order valence-corrected chi connectivity index (χ3v) is 2.82. The Morgan fingerprint density at radius 2 is 1.62 bits per heavy atom. The molecule has 90 valence electrons. The fourth-order valence-corrected chi connectivity index (χ4v) is 1.87. The summed E-state index contributed by atoms with van der Waals surface area (Å²) in [6.07, 6.45) is 5.43. The smallest absolute Gasteiger partial charge is 0.327 e. The lowest BCUT2D eigenvalue weighted by atomic mass is 10.1. The molecule has 0 saturated heterocycles. The summed E-state index contributed by atoms with van der Waals surface area (Å²) < 4.78 is 4.68. The number of rotatable bonds is 8. The van der Waals surface area contributed by atoms with Crippen molar-refractivity contribution in [2.75, 3.05) is 6.61 Å². The summed E-state index contributed by atoms with van der Waals surface area (Å²) in [6, 6.07) is 10.5. The monoisotopic (exact) mass is 242 g/mol. The maximum Gasteiger partial charge on any atom is 0.327 e. The number of unbranched alkanes of at least 4 members (excludes halogenated alkanes) is 3. The Balaban J connectivity index is 1.93. The predicted octanol–water partition coefficient (Wildman–Crippen LogP) is 3.02. The van der Waals surface area contributed by atoms with Crippen LogP contribution in [-0.4, -0.2) is 16.4 Å². The van der Waals surface area contributed by atoms with Gasteiger partial charge in [-0.1, -0.05) is 43.2 Å². The topological polar surface area (TPSA) is 49.7 Å². The van der Waals surface area contributed by atoms with E-state index in [1.807, 2.05) is 6.07 Å². The van der Waals surface area contributed by atoms with Crippen LogP contribution in [0.3, 0.4) is 0 Å². The van der Waals surface area contributed by atoms with Crippen LogP contribution in [0, 0.1) is 0 Å². The lowest BCUT2D eigenvalue weighted by Gasteiger charge is -2.04. The molecule has 0 bridgehead atoms. The molecule has 0 aromatic heterocycles. The average molecular weight is 242 g/mol. The van der Waals surface area contributed by atoms with Gasteiger partial charge in [0.05, 0.1) is 6.61 Å². The predicted molar refractivity (Wildman–Crippen MR) is 65.9 cm³/mol. The molecule has 0 unspecified atom stereocenters. The van der Waals surface area contributed by atoms with E-state index >= 15 is 0 Å². The largest absolute Gasteiger partial charge is 0.328 e. The van der Waals surface area contributed by atoms with Crippen molar-refractivity contribution in [3.05, 3.63) is 35.9 Å². The van der Waals surface area contributed by atoms with Crippen LogP contribution in [0.5, 0.6) is 0 Å². The van der Waals surface area contributed by atoms with Crippen molar-refractivity contribution in [2.45, 2.75) is 32.1 Å². The molecule has 1 rings (SSSR count). The van der Waals surface area contributed by atoms with Gasteiger partial charge < -0.3 is 14.3 Å². The molecule has 0 aliphatic rings. The second-order valence-corrected chi connectivity index (χ2v) is 4.50. The second kappa shape index (κ2) is 8.66. The summed E-state index contributed by atoms with van der Waals surface area (Å²) in [6.45, 7) is 0.448. The highest BCUT2D eigenvalue weighted by atomic mass is 31.2. The molecule has 16 heavy (non-hydrogen) atoms. The molecule has 0 saturated carbocycles. The van der Waals surface area contributed by atoms with Gasteiger partial charge >= 0.3 is 8.60 Å². The SMILES string of the molecule is OP(O)OCCCCCCc1ccccc1. The Morgan fingerprint density at radius 1 is 0.938 bits per heavy atom. The van der Waals surface area contributed by atoms with Crippen LogP contribution < -0.4 is 0 Å².